The molecule has 30 heavy (non-hydrogen) atoms. The van der Waals surface area contributed by atoms with E-state index in [4.69, 9.17) is 0 Å². The molecule has 0 radical (unpaired) electrons. The maximum atomic E-state index is 13.6. The van der Waals surface area contributed by atoms with Gasteiger partial charge in [-0.25, -0.2) is 9.97 Å². The fourth-order valence-electron chi connectivity index (χ4n) is 2.97. The van der Waals surface area contributed by atoms with Gasteiger partial charge in [0.1, 0.15) is 5.82 Å². The first-order chi connectivity index (χ1) is 14.5. The van der Waals surface area contributed by atoms with Crippen LogP contribution >= 0.6 is 12.6 Å². The van der Waals surface area contributed by atoms with E-state index in [0.717, 1.165) is 17.7 Å². The van der Waals surface area contributed by atoms with E-state index >= 15 is 0 Å². The highest BCUT2D eigenvalue weighted by Gasteiger charge is 2.17. The number of aromatic nitrogens is 2. The quantitative estimate of drug-likeness (QED) is 0.212. The molecule has 0 N–H and O–H groups in total. The van der Waals surface area contributed by atoms with Crippen molar-refractivity contribution in [2.45, 2.75) is 32.2 Å². The molecule has 2 aromatic rings. The van der Waals surface area contributed by atoms with Crippen LogP contribution in [-0.2, 0) is 0 Å². The van der Waals surface area contributed by atoms with Gasteiger partial charge < -0.3 is 4.90 Å². The molecule has 0 aliphatic heterocycles. The molecule has 0 spiro atoms. The second-order valence-corrected chi connectivity index (χ2v) is 7.19. The molecule has 7 heteroatoms. The van der Waals surface area contributed by atoms with Crippen LogP contribution in [0.25, 0.3) is 6.08 Å². The molecule has 4 nitrogen and oxygen atoms in total. The fourth-order valence-corrected chi connectivity index (χ4v) is 3.11. The zero-order valence-electron chi connectivity index (χ0n) is 17.2. The van der Waals surface area contributed by atoms with Crippen LogP contribution in [-0.4, -0.2) is 41.1 Å². The zero-order chi connectivity index (χ0) is 21.8. The van der Waals surface area contributed by atoms with Gasteiger partial charge in [-0.1, -0.05) is 30.4 Å². The molecule has 160 valence electrons. The first-order valence-electron chi connectivity index (χ1n) is 9.96. The number of halogens is 2. The molecule has 1 atom stereocenters. The van der Waals surface area contributed by atoms with Crippen molar-refractivity contribution in [1.82, 2.24) is 9.97 Å². The number of nitrogens with zero attached hydrogens (tertiary/aromatic N) is 4. The summed E-state index contributed by atoms with van der Waals surface area (Å²) in [6.07, 6.45) is 9.07. The molecule has 0 saturated heterocycles. The third-order valence-corrected chi connectivity index (χ3v) is 4.84. The number of pyridine rings is 2. The van der Waals surface area contributed by atoms with Crippen molar-refractivity contribution in [2.24, 2.45) is 4.99 Å². The lowest BCUT2D eigenvalue weighted by Gasteiger charge is -2.28. The van der Waals surface area contributed by atoms with Gasteiger partial charge in [-0.15, -0.1) is 0 Å². The van der Waals surface area contributed by atoms with Crippen molar-refractivity contribution in [3.63, 3.8) is 0 Å². The summed E-state index contributed by atoms with van der Waals surface area (Å²) in [5.41, 5.74) is 1.41. The van der Waals surface area contributed by atoms with Crippen molar-refractivity contribution in [1.29, 1.82) is 0 Å². The van der Waals surface area contributed by atoms with Crippen LogP contribution in [0.1, 0.15) is 31.7 Å². The topological polar surface area (TPSA) is 41.4 Å². The number of thiol groups is 1. The summed E-state index contributed by atoms with van der Waals surface area (Å²) in [5.74, 6) is 0.311. The summed E-state index contributed by atoms with van der Waals surface area (Å²) in [7, 11) is 0. The van der Waals surface area contributed by atoms with Crippen molar-refractivity contribution >= 4 is 30.7 Å². The molecule has 0 aliphatic rings. The fraction of sp³-hybridized carbons (Fsp3) is 0.348. The Bertz CT molecular complexity index is 870. The third-order valence-electron chi connectivity index (χ3n) is 4.52. The molecule has 0 unspecified atom stereocenters. The van der Waals surface area contributed by atoms with Crippen LogP contribution < -0.4 is 4.90 Å². The number of allylic oxidation sites excluding steroid dienone is 1. The summed E-state index contributed by atoms with van der Waals surface area (Å²) in [6.45, 7) is 7.32. The Morgan fingerprint density at radius 3 is 2.83 bits per heavy atom. The predicted molar refractivity (Wildman–Crippen MR) is 124 cm³/mol. The monoisotopic (exact) mass is 430 g/mol. The third kappa shape index (κ3) is 7.71. The highest BCUT2D eigenvalue weighted by atomic mass is 32.1. The molecular formula is C23H28F2N4S. The van der Waals surface area contributed by atoms with E-state index < -0.39 is 11.9 Å². The maximum absolute atomic E-state index is 13.6. The maximum Gasteiger partial charge on any atom is 0.220 e. The summed E-state index contributed by atoms with van der Waals surface area (Å²) in [5, 5.41) is 0. The predicted octanol–water partition coefficient (Wildman–Crippen LogP) is 5.39. The Morgan fingerprint density at radius 2 is 2.13 bits per heavy atom. The molecule has 0 bridgehead atoms. The SMILES string of the molecule is C=C(CC/C=C/c1cccnc1F)[C@@H](CN(CCCS)c1cccc(F)n1)/N=C/C. The van der Waals surface area contributed by atoms with Crippen molar-refractivity contribution < 1.29 is 8.78 Å². The average molecular weight is 431 g/mol. The highest BCUT2D eigenvalue weighted by molar-refractivity contribution is 7.80. The van der Waals surface area contributed by atoms with Gasteiger partial charge in [-0.05, 0) is 62.4 Å². The summed E-state index contributed by atoms with van der Waals surface area (Å²) in [4.78, 5) is 14.2. The van der Waals surface area contributed by atoms with Gasteiger partial charge in [0.2, 0.25) is 11.9 Å². The first kappa shape index (κ1) is 23.7. The number of anilines is 1. The number of hydrogen-bond acceptors (Lipinski definition) is 5. The van der Waals surface area contributed by atoms with Gasteiger partial charge in [-0.2, -0.15) is 21.4 Å². The second-order valence-electron chi connectivity index (χ2n) is 6.75. The molecule has 0 saturated carbocycles. The Hall–Kier alpha value is -2.54. The van der Waals surface area contributed by atoms with Crippen LogP contribution in [0.5, 0.6) is 0 Å². The summed E-state index contributed by atoms with van der Waals surface area (Å²) < 4.78 is 27.2. The number of rotatable bonds is 12. The summed E-state index contributed by atoms with van der Waals surface area (Å²) >= 11 is 4.29. The minimum Gasteiger partial charge on any atom is -0.354 e. The summed E-state index contributed by atoms with van der Waals surface area (Å²) in [6, 6.07) is 8.02. The van der Waals surface area contributed by atoms with E-state index in [1.54, 1.807) is 36.6 Å². The van der Waals surface area contributed by atoms with Gasteiger partial charge in [0.15, 0.2) is 0 Å². The lowest BCUT2D eigenvalue weighted by atomic mass is 10.0. The van der Waals surface area contributed by atoms with Crippen molar-refractivity contribution in [3.05, 3.63) is 72.2 Å². The number of hydrogen-bond donors (Lipinski definition) is 1. The van der Waals surface area contributed by atoms with E-state index in [2.05, 4.69) is 34.2 Å². The second kappa shape index (κ2) is 12.9. The molecule has 2 aromatic heterocycles. The zero-order valence-corrected chi connectivity index (χ0v) is 18.1. The average Bonchev–Trinajstić information content (AvgIpc) is 2.74. The van der Waals surface area contributed by atoms with Crippen LogP contribution in [0, 0.1) is 11.9 Å². The smallest absolute Gasteiger partial charge is 0.220 e. The van der Waals surface area contributed by atoms with Crippen LogP contribution in [0.3, 0.4) is 0 Å². The molecule has 0 fully saturated rings. The highest BCUT2D eigenvalue weighted by Crippen LogP contribution is 2.19. The normalized spacial score (nSPS) is 12.5. The van der Waals surface area contributed by atoms with Crippen molar-refractivity contribution in [2.75, 3.05) is 23.7 Å². The van der Waals surface area contributed by atoms with Crippen LogP contribution in [0.2, 0.25) is 0 Å². The van der Waals surface area contributed by atoms with E-state index in [1.807, 2.05) is 17.9 Å². The minimum atomic E-state index is -0.509. The lowest BCUT2D eigenvalue weighted by molar-refractivity contribution is 0.577. The Kier molecular flexibility index (Phi) is 10.2. The van der Waals surface area contributed by atoms with Crippen LogP contribution in [0.4, 0.5) is 14.6 Å². The van der Waals surface area contributed by atoms with E-state index in [1.165, 1.54) is 12.3 Å². The van der Waals surface area contributed by atoms with Gasteiger partial charge >= 0.3 is 0 Å². The lowest BCUT2D eigenvalue weighted by Crippen LogP contribution is -2.34. The number of aliphatic imine (C=N–C) groups is 1. The molecule has 2 heterocycles. The largest absolute Gasteiger partial charge is 0.354 e. The van der Waals surface area contributed by atoms with Gasteiger partial charge in [0, 0.05) is 24.8 Å². The Balaban J connectivity index is 2.02. The molecule has 0 aliphatic carbocycles. The van der Waals surface area contributed by atoms with Crippen molar-refractivity contribution in [3.8, 4) is 0 Å². The van der Waals surface area contributed by atoms with E-state index in [-0.39, 0.29) is 6.04 Å². The van der Waals surface area contributed by atoms with Gasteiger partial charge in [0.05, 0.1) is 6.04 Å². The molecule has 0 amide bonds. The van der Waals surface area contributed by atoms with Gasteiger partial charge in [-0.3, -0.25) is 4.99 Å². The first-order valence-corrected chi connectivity index (χ1v) is 10.6. The van der Waals surface area contributed by atoms with Crippen LogP contribution in [0.15, 0.2) is 59.7 Å². The Labute approximate surface area is 182 Å². The van der Waals surface area contributed by atoms with E-state index in [0.29, 0.717) is 37.3 Å². The van der Waals surface area contributed by atoms with Gasteiger partial charge in [0.25, 0.3) is 0 Å². The Morgan fingerprint density at radius 1 is 1.30 bits per heavy atom. The van der Waals surface area contributed by atoms with E-state index in [9.17, 15) is 8.78 Å². The molecule has 0 aromatic carbocycles. The standard InChI is InChI=1S/C23H28F2N4S/c1-3-26-20(17-29(15-8-16-30)22-13-6-12-21(24)28-22)18(2)9-4-5-10-19-11-7-14-27-23(19)25/h3,5-7,10-14,20,30H,2,4,8-9,15-17H2,1H3/b10-5+,26-3+/t20-/m1/s1. The minimum absolute atomic E-state index is 0.150. The molecular weight excluding hydrogens is 402 g/mol. The molecule has 2 rings (SSSR count).